The molecule has 2 rings (SSSR count). The van der Waals surface area contributed by atoms with E-state index >= 15 is 0 Å². The second-order valence-electron chi connectivity index (χ2n) is 3.02. The molecule has 0 radical (unpaired) electrons. The van der Waals surface area contributed by atoms with Crippen LogP contribution in [0.4, 0.5) is 11.5 Å². The van der Waals surface area contributed by atoms with Crippen LogP contribution in [-0.4, -0.2) is 17.0 Å². The molecule has 0 spiro atoms. The van der Waals surface area contributed by atoms with Crippen LogP contribution in [0.2, 0.25) is 0 Å². The third-order valence-corrected chi connectivity index (χ3v) is 2.01. The van der Waals surface area contributed by atoms with Crippen LogP contribution in [0.1, 0.15) is 0 Å². The normalized spacial score (nSPS) is 10.1. The third kappa shape index (κ3) is 1.54. The molecule has 4 nitrogen and oxygen atoms in total. The Balaban J connectivity index is 2.39. The quantitative estimate of drug-likeness (QED) is 0.628. The molecular weight excluding hydrogens is 176 g/mol. The zero-order valence-electron chi connectivity index (χ0n) is 7.91. The standard InChI is InChI=1S/C10H12N4/c1-12-9-6-13-10(14-9)7-3-2-4-8(11)5-7/h2-6,12H,11H2,1H3,(H,13,14). The molecule has 0 aliphatic rings. The van der Waals surface area contributed by atoms with Gasteiger partial charge in [0.2, 0.25) is 0 Å². The van der Waals surface area contributed by atoms with E-state index in [-0.39, 0.29) is 0 Å². The van der Waals surface area contributed by atoms with Gasteiger partial charge in [-0.05, 0) is 12.1 Å². The zero-order valence-corrected chi connectivity index (χ0v) is 7.91. The molecule has 1 heterocycles. The number of anilines is 2. The number of hydrogen-bond acceptors (Lipinski definition) is 3. The van der Waals surface area contributed by atoms with Crippen LogP contribution in [-0.2, 0) is 0 Å². The second-order valence-corrected chi connectivity index (χ2v) is 3.02. The van der Waals surface area contributed by atoms with Gasteiger partial charge < -0.3 is 16.0 Å². The first-order valence-corrected chi connectivity index (χ1v) is 4.38. The summed E-state index contributed by atoms with van der Waals surface area (Å²) in [7, 11) is 1.84. The first-order valence-electron chi connectivity index (χ1n) is 4.38. The number of aromatic nitrogens is 2. The van der Waals surface area contributed by atoms with Gasteiger partial charge in [0.05, 0.1) is 6.20 Å². The van der Waals surface area contributed by atoms with Crippen molar-refractivity contribution in [2.24, 2.45) is 0 Å². The molecule has 1 aromatic carbocycles. The summed E-state index contributed by atoms with van der Waals surface area (Å²) in [6, 6.07) is 7.62. The molecule has 0 saturated heterocycles. The van der Waals surface area contributed by atoms with Gasteiger partial charge in [0.1, 0.15) is 11.6 Å². The van der Waals surface area contributed by atoms with Crippen LogP contribution in [0.5, 0.6) is 0 Å². The van der Waals surface area contributed by atoms with Gasteiger partial charge in [-0.25, -0.2) is 4.98 Å². The highest BCUT2D eigenvalue weighted by molar-refractivity contribution is 5.62. The molecule has 0 aliphatic heterocycles. The van der Waals surface area contributed by atoms with Gasteiger partial charge in [0.25, 0.3) is 0 Å². The fraction of sp³-hybridized carbons (Fsp3) is 0.100. The summed E-state index contributed by atoms with van der Waals surface area (Å²) in [6.45, 7) is 0. The minimum atomic E-state index is 0.741. The average Bonchev–Trinajstić information content (AvgIpc) is 2.66. The summed E-state index contributed by atoms with van der Waals surface area (Å²) in [6.07, 6.45) is 1.75. The molecule has 0 bridgehead atoms. The number of nitrogen functional groups attached to an aromatic ring is 1. The van der Waals surface area contributed by atoms with Crippen molar-refractivity contribution >= 4 is 11.5 Å². The van der Waals surface area contributed by atoms with Gasteiger partial charge in [-0.1, -0.05) is 12.1 Å². The lowest BCUT2D eigenvalue weighted by Gasteiger charge is -1.98. The molecule has 0 saturated carbocycles. The van der Waals surface area contributed by atoms with E-state index in [2.05, 4.69) is 15.3 Å². The van der Waals surface area contributed by atoms with E-state index < -0.39 is 0 Å². The van der Waals surface area contributed by atoms with E-state index in [0.29, 0.717) is 0 Å². The number of nitrogens with one attached hydrogen (secondary N) is 2. The lowest BCUT2D eigenvalue weighted by atomic mass is 10.2. The van der Waals surface area contributed by atoms with Crippen molar-refractivity contribution < 1.29 is 0 Å². The summed E-state index contributed by atoms with van der Waals surface area (Å²) in [5, 5.41) is 2.98. The molecular formula is C10H12N4. The fourth-order valence-electron chi connectivity index (χ4n) is 1.28. The van der Waals surface area contributed by atoms with Gasteiger partial charge in [-0.15, -0.1) is 0 Å². The number of benzene rings is 1. The Hall–Kier alpha value is -1.97. The van der Waals surface area contributed by atoms with Gasteiger partial charge >= 0.3 is 0 Å². The van der Waals surface area contributed by atoms with Crippen LogP contribution in [0, 0.1) is 0 Å². The number of aromatic amines is 1. The Morgan fingerprint density at radius 3 is 2.93 bits per heavy atom. The molecule has 1 aromatic heterocycles. The molecule has 0 atom stereocenters. The van der Waals surface area contributed by atoms with Crippen LogP contribution < -0.4 is 11.1 Å². The molecule has 2 aromatic rings. The Morgan fingerprint density at radius 2 is 2.29 bits per heavy atom. The summed E-state index contributed by atoms with van der Waals surface area (Å²) in [4.78, 5) is 7.35. The predicted octanol–water partition coefficient (Wildman–Crippen LogP) is 1.70. The highest BCUT2D eigenvalue weighted by Gasteiger charge is 2.01. The minimum Gasteiger partial charge on any atom is -0.399 e. The second kappa shape index (κ2) is 3.41. The molecule has 14 heavy (non-hydrogen) atoms. The number of nitrogens with two attached hydrogens (primary N) is 1. The van der Waals surface area contributed by atoms with E-state index in [9.17, 15) is 0 Å². The number of hydrogen-bond donors (Lipinski definition) is 3. The summed E-state index contributed by atoms with van der Waals surface area (Å²) < 4.78 is 0. The maximum Gasteiger partial charge on any atom is 0.138 e. The van der Waals surface area contributed by atoms with E-state index in [0.717, 1.165) is 22.9 Å². The van der Waals surface area contributed by atoms with Gasteiger partial charge in [-0.2, -0.15) is 0 Å². The van der Waals surface area contributed by atoms with Crippen molar-refractivity contribution in [3.05, 3.63) is 30.5 Å². The van der Waals surface area contributed by atoms with Crippen molar-refractivity contribution in [2.75, 3.05) is 18.1 Å². The zero-order chi connectivity index (χ0) is 9.97. The molecule has 0 amide bonds. The van der Waals surface area contributed by atoms with E-state index in [1.165, 1.54) is 0 Å². The van der Waals surface area contributed by atoms with Gasteiger partial charge in [0.15, 0.2) is 0 Å². The van der Waals surface area contributed by atoms with E-state index in [1.54, 1.807) is 6.20 Å². The Bertz CT molecular complexity index is 433. The highest BCUT2D eigenvalue weighted by atomic mass is 15.0. The van der Waals surface area contributed by atoms with Crippen molar-refractivity contribution in [2.45, 2.75) is 0 Å². The summed E-state index contributed by atoms with van der Waals surface area (Å²) in [5.41, 5.74) is 7.41. The topological polar surface area (TPSA) is 66.7 Å². The van der Waals surface area contributed by atoms with E-state index in [4.69, 9.17) is 5.73 Å². The number of nitrogens with zero attached hydrogens (tertiary/aromatic N) is 1. The van der Waals surface area contributed by atoms with Crippen LogP contribution in [0.3, 0.4) is 0 Å². The van der Waals surface area contributed by atoms with E-state index in [1.807, 2.05) is 31.3 Å². The molecule has 0 fully saturated rings. The average molecular weight is 188 g/mol. The largest absolute Gasteiger partial charge is 0.399 e. The van der Waals surface area contributed by atoms with Gasteiger partial charge in [0, 0.05) is 18.3 Å². The van der Waals surface area contributed by atoms with Gasteiger partial charge in [-0.3, -0.25) is 0 Å². The first-order chi connectivity index (χ1) is 6.79. The maximum atomic E-state index is 5.68. The van der Waals surface area contributed by atoms with Crippen molar-refractivity contribution in [1.82, 2.24) is 9.97 Å². The molecule has 4 N–H and O–H groups in total. The summed E-state index contributed by atoms with van der Waals surface area (Å²) in [5.74, 6) is 1.71. The highest BCUT2D eigenvalue weighted by Crippen LogP contribution is 2.19. The summed E-state index contributed by atoms with van der Waals surface area (Å²) >= 11 is 0. The Morgan fingerprint density at radius 1 is 1.43 bits per heavy atom. The lowest BCUT2D eigenvalue weighted by Crippen LogP contribution is -1.88. The Kier molecular flexibility index (Phi) is 2.10. The van der Waals surface area contributed by atoms with Crippen LogP contribution >= 0.6 is 0 Å². The first kappa shape index (κ1) is 8.62. The number of rotatable bonds is 2. The van der Waals surface area contributed by atoms with Crippen molar-refractivity contribution in [3.63, 3.8) is 0 Å². The lowest BCUT2D eigenvalue weighted by molar-refractivity contribution is 1.30. The molecule has 0 aliphatic carbocycles. The van der Waals surface area contributed by atoms with Crippen molar-refractivity contribution in [1.29, 1.82) is 0 Å². The fourth-order valence-corrected chi connectivity index (χ4v) is 1.28. The number of imidazole rings is 1. The molecule has 4 heteroatoms. The Labute approximate surface area is 82.2 Å². The predicted molar refractivity (Wildman–Crippen MR) is 58.0 cm³/mol. The molecule has 72 valence electrons. The monoisotopic (exact) mass is 188 g/mol. The number of H-pyrrole nitrogens is 1. The SMILES string of the molecule is CNc1cnc(-c2cccc(N)c2)[nH]1. The minimum absolute atomic E-state index is 0.741. The van der Waals surface area contributed by atoms with Crippen molar-refractivity contribution in [3.8, 4) is 11.4 Å². The van der Waals surface area contributed by atoms with Crippen LogP contribution in [0.15, 0.2) is 30.5 Å². The maximum absolute atomic E-state index is 5.68. The smallest absolute Gasteiger partial charge is 0.138 e. The van der Waals surface area contributed by atoms with Crippen LogP contribution in [0.25, 0.3) is 11.4 Å². The third-order valence-electron chi connectivity index (χ3n) is 2.01. The molecule has 0 unspecified atom stereocenters.